The van der Waals surface area contributed by atoms with Gasteiger partial charge < -0.3 is 4.98 Å². The Bertz CT molecular complexity index is 759. The number of para-hydroxylation sites is 2. The fourth-order valence-electron chi connectivity index (χ4n) is 4.16. The quantitative estimate of drug-likeness (QED) is 0.640. The average Bonchev–Trinajstić information content (AvgIpc) is 3.21. The van der Waals surface area contributed by atoms with Crippen LogP contribution in [0.25, 0.3) is 11.0 Å². The Labute approximate surface area is 120 Å². The Balaban J connectivity index is 1.61. The maximum absolute atomic E-state index is 12.7. The highest BCUT2D eigenvalue weighted by molar-refractivity contribution is 6.22. The van der Waals surface area contributed by atoms with Crippen LogP contribution in [0.3, 0.4) is 0 Å². The van der Waals surface area contributed by atoms with Crippen molar-refractivity contribution in [3.8, 4) is 0 Å². The van der Waals surface area contributed by atoms with Gasteiger partial charge in [0.2, 0.25) is 17.8 Å². The van der Waals surface area contributed by atoms with Crippen molar-refractivity contribution in [2.24, 2.45) is 23.7 Å². The molecular formula is C16H13N3O2. The van der Waals surface area contributed by atoms with Crippen LogP contribution in [-0.2, 0) is 9.59 Å². The minimum absolute atomic E-state index is 0.0964. The van der Waals surface area contributed by atoms with Gasteiger partial charge in [0.05, 0.1) is 22.9 Å². The Kier molecular flexibility index (Phi) is 1.93. The molecule has 1 aliphatic heterocycles. The van der Waals surface area contributed by atoms with Gasteiger partial charge in [0.25, 0.3) is 0 Å². The summed E-state index contributed by atoms with van der Waals surface area (Å²) >= 11 is 0. The molecule has 5 rings (SSSR count). The molecule has 2 bridgehead atoms. The van der Waals surface area contributed by atoms with Crippen molar-refractivity contribution in [1.82, 2.24) is 9.97 Å². The van der Waals surface area contributed by atoms with Crippen LogP contribution in [0.15, 0.2) is 36.4 Å². The van der Waals surface area contributed by atoms with Crippen LogP contribution < -0.4 is 4.90 Å². The predicted molar refractivity (Wildman–Crippen MR) is 76.3 cm³/mol. The topological polar surface area (TPSA) is 66.1 Å². The standard InChI is InChI=1S/C16H13N3O2/c20-14-12-8-5-6-9(7-8)13(12)15(21)19(14)16-17-10-3-1-2-4-11(10)18-16/h1-6,8-9,12-13H,7H2,(H,17,18). The second kappa shape index (κ2) is 3.61. The van der Waals surface area contributed by atoms with E-state index in [1.54, 1.807) is 0 Å². The van der Waals surface area contributed by atoms with Crippen LogP contribution in [0, 0.1) is 23.7 Å². The van der Waals surface area contributed by atoms with Gasteiger partial charge in [0, 0.05) is 0 Å². The number of nitrogens with zero attached hydrogens (tertiary/aromatic N) is 2. The SMILES string of the molecule is O=C1C2C3C=CC(C3)C2C(=O)N1c1nc2ccccc2[nH]1. The minimum atomic E-state index is -0.180. The van der Waals surface area contributed by atoms with E-state index in [2.05, 4.69) is 22.1 Å². The zero-order valence-electron chi connectivity index (χ0n) is 11.2. The molecule has 1 aromatic heterocycles. The van der Waals surface area contributed by atoms with Crippen molar-refractivity contribution < 1.29 is 9.59 Å². The van der Waals surface area contributed by atoms with Crippen molar-refractivity contribution in [1.29, 1.82) is 0 Å². The molecule has 2 heterocycles. The van der Waals surface area contributed by atoms with E-state index in [-0.39, 0.29) is 35.5 Å². The molecule has 0 spiro atoms. The predicted octanol–water partition coefficient (Wildman–Crippen LogP) is 1.87. The number of carbonyl (C=O) groups is 2. The highest BCUT2D eigenvalue weighted by Gasteiger charge is 2.60. The molecule has 21 heavy (non-hydrogen) atoms. The highest BCUT2D eigenvalue weighted by atomic mass is 16.2. The van der Waals surface area contributed by atoms with Crippen LogP contribution in [0.5, 0.6) is 0 Å². The summed E-state index contributed by atoms with van der Waals surface area (Å²) in [7, 11) is 0. The van der Waals surface area contributed by atoms with Gasteiger partial charge in [-0.2, -0.15) is 0 Å². The zero-order valence-corrected chi connectivity index (χ0v) is 11.2. The fraction of sp³-hybridized carbons (Fsp3) is 0.312. The number of aromatic amines is 1. The maximum atomic E-state index is 12.7. The first-order valence-electron chi connectivity index (χ1n) is 7.25. The van der Waals surface area contributed by atoms with Gasteiger partial charge >= 0.3 is 0 Å². The van der Waals surface area contributed by atoms with Crippen molar-refractivity contribution in [3.05, 3.63) is 36.4 Å². The number of carbonyl (C=O) groups excluding carboxylic acids is 2. The van der Waals surface area contributed by atoms with E-state index in [1.165, 1.54) is 4.90 Å². The summed E-state index contributed by atoms with van der Waals surface area (Å²) in [5.41, 5.74) is 1.61. The lowest BCUT2D eigenvalue weighted by atomic mass is 9.85. The van der Waals surface area contributed by atoms with Crippen molar-refractivity contribution in [2.45, 2.75) is 6.42 Å². The molecule has 1 aromatic carbocycles. The number of hydrogen-bond donors (Lipinski definition) is 1. The third kappa shape index (κ3) is 1.29. The summed E-state index contributed by atoms with van der Waals surface area (Å²) < 4.78 is 0. The molecule has 4 unspecified atom stereocenters. The second-order valence-corrected chi connectivity index (χ2v) is 6.09. The molecule has 2 aromatic rings. The summed E-state index contributed by atoms with van der Waals surface area (Å²) in [6, 6.07) is 7.55. The van der Waals surface area contributed by atoms with Crippen LogP contribution in [0.1, 0.15) is 6.42 Å². The van der Waals surface area contributed by atoms with Gasteiger partial charge in [-0.05, 0) is 30.4 Å². The molecular weight excluding hydrogens is 266 g/mol. The Hall–Kier alpha value is -2.43. The van der Waals surface area contributed by atoms with E-state index < -0.39 is 0 Å². The first-order chi connectivity index (χ1) is 10.2. The zero-order chi connectivity index (χ0) is 14.1. The summed E-state index contributed by atoms with van der Waals surface area (Å²) in [6.45, 7) is 0. The van der Waals surface area contributed by atoms with E-state index in [0.717, 1.165) is 17.5 Å². The van der Waals surface area contributed by atoms with Gasteiger partial charge in [-0.25, -0.2) is 9.88 Å². The summed E-state index contributed by atoms with van der Waals surface area (Å²) in [4.78, 5) is 34.1. The minimum Gasteiger partial charge on any atom is -0.323 e. The number of amides is 2. The van der Waals surface area contributed by atoms with Crippen molar-refractivity contribution in [3.63, 3.8) is 0 Å². The summed E-state index contributed by atoms with van der Waals surface area (Å²) in [5.74, 6) is 0.264. The summed E-state index contributed by atoms with van der Waals surface area (Å²) in [6.07, 6.45) is 5.14. The van der Waals surface area contributed by atoms with E-state index >= 15 is 0 Å². The van der Waals surface area contributed by atoms with E-state index in [9.17, 15) is 9.59 Å². The van der Waals surface area contributed by atoms with Crippen LogP contribution in [0.2, 0.25) is 0 Å². The van der Waals surface area contributed by atoms with Crippen molar-refractivity contribution in [2.75, 3.05) is 4.90 Å². The fourth-order valence-corrected chi connectivity index (χ4v) is 4.16. The number of H-pyrrole nitrogens is 1. The lowest BCUT2D eigenvalue weighted by Crippen LogP contribution is -2.33. The maximum Gasteiger partial charge on any atom is 0.240 e. The molecule has 2 aliphatic carbocycles. The first kappa shape index (κ1) is 11.3. The first-order valence-corrected chi connectivity index (χ1v) is 7.25. The number of imide groups is 1. The lowest BCUT2D eigenvalue weighted by Gasteiger charge is -2.14. The molecule has 4 atom stereocenters. The second-order valence-electron chi connectivity index (χ2n) is 6.09. The molecule has 104 valence electrons. The van der Waals surface area contributed by atoms with Gasteiger partial charge in [-0.3, -0.25) is 9.59 Å². The monoisotopic (exact) mass is 279 g/mol. The van der Waals surface area contributed by atoms with Crippen LogP contribution in [-0.4, -0.2) is 21.8 Å². The number of rotatable bonds is 1. The number of benzene rings is 1. The molecule has 3 aliphatic rings. The molecule has 0 radical (unpaired) electrons. The number of nitrogens with one attached hydrogen (secondary N) is 1. The van der Waals surface area contributed by atoms with Crippen molar-refractivity contribution >= 4 is 28.8 Å². The van der Waals surface area contributed by atoms with Gasteiger partial charge in [-0.15, -0.1) is 0 Å². The molecule has 5 nitrogen and oxygen atoms in total. The molecule has 2 amide bonds. The Morgan fingerprint density at radius 3 is 2.38 bits per heavy atom. The number of fused-ring (bicyclic) bond motifs is 6. The van der Waals surface area contributed by atoms with E-state index in [4.69, 9.17) is 0 Å². The van der Waals surface area contributed by atoms with Crippen LogP contribution >= 0.6 is 0 Å². The number of imidazole rings is 1. The van der Waals surface area contributed by atoms with Gasteiger partial charge in [-0.1, -0.05) is 24.3 Å². The lowest BCUT2D eigenvalue weighted by molar-refractivity contribution is -0.123. The van der Waals surface area contributed by atoms with Gasteiger partial charge in [0.15, 0.2) is 0 Å². The number of anilines is 1. The molecule has 2 fully saturated rings. The Morgan fingerprint density at radius 1 is 1.05 bits per heavy atom. The largest absolute Gasteiger partial charge is 0.323 e. The highest BCUT2D eigenvalue weighted by Crippen LogP contribution is 2.52. The number of aromatic nitrogens is 2. The smallest absolute Gasteiger partial charge is 0.240 e. The molecule has 5 heteroatoms. The Morgan fingerprint density at radius 2 is 1.71 bits per heavy atom. The number of allylic oxidation sites excluding steroid dienone is 2. The van der Waals surface area contributed by atoms with Crippen LogP contribution in [0.4, 0.5) is 5.95 Å². The third-order valence-electron chi connectivity index (χ3n) is 5.06. The van der Waals surface area contributed by atoms with E-state index in [0.29, 0.717) is 5.95 Å². The van der Waals surface area contributed by atoms with E-state index in [1.807, 2.05) is 24.3 Å². The summed E-state index contributed by atoms with van der Waals surface area (Å²) in [5, 5.41) is 0. The third-order valence-corrected chi connectivity index (χ3v) is 5.06. The molecule has 1 saturated heterocycles. The molecule has 1 saturated carbocycles. The van der Waals surface area contributed by atoms with Gasteiger partial charge in [0.1, 0.15) is 0 Å². The normalized spacial score (nSPS) is 33.4. The number of hydrogen-bond acceptors (Lipinski definition) is 3. The molecule has 1 N–H and O–H groups in total. The average molecular weight is 279 g/mol.